The molecule has 0 radical (unpaired) electrons. The third-order valence-electron chi connectivity index (χ3n) is 5.60. The largest absolute Gasteiger partial charge is 0.410 e. The van der Waals surface area contributed by atoms with Gasteiger partial charge in [0.15, 0.2) is 11.4 Å². The Morgan fingerprint density at radius 3 is 2.73 bits per heavy atom. The molecule has 0 unspecified atom stereocenters. The van der Waals surface area contributed by atoms with E-state index in [1.165, 1.54) is 38.0 Å². The van der Waals surface area contributed by atoms with E-state index < -0.39 is 6.09 Å². The number of carbonyl (C=O) groups is 1. The van der Waals surface area contributed by atoms with Crippen molar-refractivity contribution in [2.24, 2.45) is 5.73 Å². The van der Waals surface area contributed by atoms with Crippen LogP contribution in [0.4, 0.5) is 10.5 Å². The van der Waals surface area contributed by atoms with Gasteiger partial charge in [-0.1, -0.05) is 25.5 Å². The minimum atomic E-state index is -0.845. The molecule has 7 nitrogen and oxygen atoms in total. The topological polar surface area (TPSA) is 76.1 Å². The molecule has 0 bridgehead atoms. The van der Waals surface area contributed by atoms with Crippen molar-refractivity contribution in [3.8, 4) is 17.0 Å². The molecule has 1 fully saturated rings. The molecule has 7 heteroatoms. The van der Waals surface area contributed by atoms with Gasteiger partial charge in [-0.05, 0) is 50.2 Å². The molecule has 2 aromatic heterocycles. The van der Waals surface area contributed by atoms with Gasteiger partial charge in [0, 0.05) is 43.3 Å². The van der Waals surface area contributed by atoms with Crippen LogP contribution < -0.4 is 15.4 Å². The zero-order chi connectivity index (χ0) is 20.9. The molecule has 158 valence electrons. The summed E-state index contributed by atoms with van der Waals surface area (Å²) in [5.74, 6) is 0.352. The predicted octanol–water partition coefficient (Wildman–Crippen LogP) is 3.77. The van der Waals surface area contributed by atoms with E-state index in [-0.39, 0.29) is 0 Å². The van der Waals surface area contributed by atoms with Gasteiger partial charge in [-0.25, -0.2) is 9.78 Å². The maximum atomic E-state index is 11.1. The lowest BCUT2D eigenvalue weighted by Gasteiger charge is -2.23. The van der Waals surface area contributed by atoms with Gasteiger partial charge in [0.1, 0.15) is 0 Å². The Morgan fingerprint density at radius 1 is 1.13 bits per heavy atom. The lowest BCUT2D eigenvalue weighted by Crippen LogP contribution is -2.31. The van der Waals surface area contributed by atoms with Crippen LogP contribution in [0.5, 0.6) is 5.75 Å². The molecule has 0 saturated carbocycles. The molecule has 0 atom stereocenters. The van der Waals surface area contributed by atoms with E-state index in [0.29, 0.717) is 11.4 Å². The number of hydrogen-bond donors (Lipinski definition) is 1. The summed E-state index contributed by atoms with van der Waals surface area (Å²) >= 11 is 0. The first-order valence-corrected chi connectivity index (χ1v) is 10.7. The number of aromatic nitrogens is 2. The second-order valence-electron chi connectivity index (χ2n) is 7.73. The minimum absolute atomic E-state index is 0.352. The smallest absolute Gasteiger partial charge is 0.406 e. The van der Waals surface area contributed by atoms with Gasteiger partial charge in [-0.15, -0.1) is 0 Å². The van der Waals surface area contributed by atoms with Crippen LogP contribution in [-0.2, 0) is 0 Å². The van der Waals surface area contributed by atoms with Crippen LogP contribution >= 0.6 is 0 Å². The van der Waals surface area contributed by atoms with E-state index >= 15 is 0 Å². The SMILES string of the molecule is CCCCN1CCCN(c2ccc(-c3cn4cccc(OC(N)=O)c4n3)cc2)CC1. The number of nitrogens with two attached hydrogens (primary N) is 1. The number of fused-ring (bicyclic) bond motifs is 1. The number of amides is 1. The second kappa shape index (κ2) is 9.17. The van der Waals surface area contributed by atoms with Crippen molar-refractivity contribution in [3.63, 3.8) is 0 Å². The summed E-state index contributed by atoms with van der Waals surface area (Å²) in [6.07, 6.45) is 6.68. The molecule has 4 rings (SSSR count). The van der Waals surface area contributed by atoms with Gasteiger partial charge in [0.2, 0.25) is 0 Å². The molecular formula is C23H29N5O2. The van der Waals surface area contributed by atoms with Crippen LogP contribution in [0.15, 0.2) is 48.8 Å². The van der Waals surface area contributed by atoms with Crippen molar-refractivity contribution in [1.29, 1.82) is 0 Å². The van der Waals surface area contributed by atoms with Gasteiger partial charge in [-0.3, -0.25) is 0 Å². The number of ether oxygens (including phenoxy) is 1. The standard InChI is InChI=1S/C23H29N5O2/c1-2-3-11-26-12-5-14-27(16-15-26)19-9-7-18(8-10-19)20-17-28-13-4-6-21(22(28)25-20)30-23(24)29/h4,6-10,13,17H,2-3,5,11-12,14-16H2,1H3,(H2,24,29). The van der Waals surface area contributed by atoms with E-state index in [1.807, 2.05) is 16.8 Å². The fourth-order valence-corrected chi connectivity index (χ4v) is 3.99. The number of imidazole rings is 1. The highest BCUT2D eigenvalue weighted by atomic mass is 16.5. The molecule has 3 aromatic rings. The number of carbonyl (C=O) groups excluding carboxylic acids is 1. The third kappa shape index (κ3) is 4.57. The Bertz CT molecular complexity index is 999. The zero-order valence-corrected chi connectivity index (χ0v) is 17.5. The zero-order valence-electron chi connectivity index (χ0n) is 17.5. The van der Waals surface area contributed by atoms with Crippen molar-refractivity contribution in [3.05, 3.63) is 48.8 Å². The molecule has 2 N–H and O–H groups in total. The second-order valence-corrected chi connectivity index (χ2v) is 7.73. The minimum Gasteiger partial charge on any atom is -0.406 e. The van der Waals surface area contributed by atoms with Crippen LogP contribution in [-0.4, -0.2) is 53.1 Å². The van der Waals surface area contributed by atoms with Crippen molar-refractivity contribution in [2.75, 3.05) is 37.6 Å². The van der Waals surface area contributed by atoms with E-state index in [2.05, 4.69) is 46.0 Å². The summed E-state index contributed by atoms with van der Waals surface area (Å²) in [7, 11) is 0. The van der Waals surface area contributed by atoms with Gasteiger partial charge in [-0.2, -0.15) is 0 Å². The van der Waals surface area contributed by atoms with Gasteiger partial charge in [0.05, 0.1) is 5.69 Å². The predicted molar refractivity (Wildman–Crippen MR) is 119 cm³/mol. The Morgan fingerprint density at radius 2 is 1.97 bits per heavy atom. The number of hydrogen-bond acceptors (Lipinski definition) is 5. The average molecular weight is 408 g/mol. The summed E-state index contributed by atoms with van der Waals surface area (Å²) in [5, 5.41) is 0. The Kier molecular flexibility index (Phi) is 6.18. The Labute approximate surface area is 177 Å². The van der Waals surface area contributed by atoms with Crippen LogP contribution in [0.3, 0.4) is 0 Å². The number of nitrogens with zero attached hydrogens (tertiary/aromatic N) is 4. The lowest BCUT2D eigenvalue weighted by atomic mass is 10.1. The highest BCUT2D eigenvalue weighted by Gasteiger charge is 2.15. The van der Waals surface area contributed by atoms with Gasteiger partial charge >= 0.3 is 6.09 Å². The molecule has 0 aliphatic carbocycles. The molecule has 0 spiro atoms. The van der Waals surface area contributed by atoms with Crippen LogP contribution in [0, 0.1) is 0 Å². The van der Waals surface area contributed by atoms with E-state index in [9.17, 15) is 4.79 Å². The summed E-state index contributed by atoms with van der Waals surface area (Å²) in [4.78, 5) is 20.8. The monoisotopic (exact) mass is 407 g/mol. The van der Waals surface area contributed by atoms with Crippen molar-refractivity contribution in [2.45, 2.75) is 26.2 Å². The lowest BCUT2D eigenvalue weighted by molar-refractivity contribution is 0.211. The van der Waals surface area contributed by atoms with Crippen LogP contribution in [0.2, 0.25) is 0 Å². The maximum absolute atomic E-state index is 11.1. The Hall–Kier alpha value is -3.06. The normalized spacial score (nSPS) is 15.3. The molecule has 1 aliphatic rings. The summed E-state index contributed by atoms with van der Waals surface area (Å²) < 4.78 is 6.90. The van der Waals surface area contributed by atoms with E-state index in [1.54, 1.807) is 12.1 Å². The van der Waals surface area contributed by atoms with Crippen molar-refractivity contribution >= 4 is 17.4 Å². The molecule has 1 aromatic carbocycles. The molecular weight excluding hydrogens is 378 g/mol. The number of unbranched alkanes of at least 4 members (excludes halogenated alkanes) is 1. The highest BCUT2D eigenvalue weighted by Crippen LogP contribution is 2.27. The molecule has 30 heavy (non-hydrogen) atoms. The summed E-state index contributed by atoms with van der Waals surface area (Å²) in [5.41, 5.74) is 8.81. The van der Waals surface area contributed by atoms with Crippen LogP contribution in [0.25, 0.3) is 16.9 Å². The van der Waals surface area contributed by atoms with E-state index in [4.69, 9.17) is 10.5 Å². The van der Waals surface area contributed by atoms with Crippen molar-refractivity contribution < 1.29 is 9.53 Å². The number of primary amides is 1. The fraction of sp³-hybridized carbons (Fsp3) is 0.391. The number of anilines is 1. The maximum Gasteiger partial charge on any atom is 0.410 e. The van der Waals surface area contributed by atoms with Gasteiger partial charge < -0.3 is 24.7 Å². The summed E-state index contributed by atoms with van der Waals surface area (Å²) in [6.45, 7) is 7.91. The van der Waals surface area contributed by atoms with Crippen LogP contribution in [0.1, 0.15) is 26.2 Å². The molecule has 3 heterocycles. The Balaban J connectivity index is 1.49. The fourth-order valence-electron chi connectivity index (χ4n) is 3.99. The number of pyridine rings is 1. The highest BCUT2D eigenvalue weighted by molar-refractivity contribution is 5.73. The number of benzene rings is 1. The first-order valence-electron chi connectivity index (χ1n) is 10.7. The first-order chi connectivity index (χ1) is 14.6. The molecule has 1 amide bonds. The molecule has 1 saturated heterocycles. The van der Waals surface area contributed by atoms with E-state index in [0.717, 1.165) is 30.9 Å². The summed E-state index contributed by atoms with van der Waals surface area (Å²) in [6, 6.07) is 12.0. The average Bonchev–Trinajstić information content (AvgIpc) is 3.05. The number of rotatable bonds is 6. The van der Waals surface area contributed by atoms with Crippen molar-refractivity contribution in [1.82, 2.24) is 14.3 Å². The molecule has 1 aliphatic heterocycles. The van der Waals surface area contributed by atoms with Gasteiger partial charge in [0.25, 0.3) is 0 Å². The third-order valence-corrected chi connectivity index (χ3v) is 5.60. The first kappa shape index (κ1) is 20.2. The quantitative estimate of drug-likeness (QED) is 0.673.